The van der Waals surface area contributed by atoms with E-state index < -0.39 is 0 Å². The highest BCUT2D eigenvalue weighted by atomic mass is 16.3. The summed E-state index contributed by atoms with van der Waals surface area (Å²) in [5, 5.41) is 12.7. The molecule has 1 aliphatic carbocycles. The molecule has 3 aromatic rings. The topological polar surface area (TPSA) is 19.9 Å². The quantitative estimate of drug-likeness (QED) is 0.454. The van der Waals surface area contributed by atoms with Crippen molar-refractivity contribution in [1.82, 2.24) is 0 Å². The van der Waals surface area contributed by atoms with Crippen LogP contribution in [0.1, 0.15) is 11.1 Å². The first-order valence-corrected chi connectivity index (χ1v) is 6.81. The van der Waals surface area contributed by atoms with Gasteiger partial charge in [-0.15, -0.1) is 0 Å². The Labute approximate surface area is 118 Å². The fraction of sp³-hybridized carbons (Fsp3) is 0.0526. The van der Waals surface area contributed by atoms with E-state index in [1.54, 1.807) is 0 Å². The van der Waals surface area contributed by atoms with Gasteiger partial charge in [-0.2, -0.15) is 0 Å². The number of rotatable bonds is 1. The monoisotopic (exact) mass is 257 g/mol. The first kappa shape index (κ1) is 11.3. The van der Waals surface area contributed by atoms with Crippen molar-refractivity contribution >= 4 is 0 Å². The third-order valence-electron chi connectivity index (χ3n) is 4.02. The summed E-state index contributed by atoms with van der Waals surface area (Å²) in [7, 11) is 0. The summed E-state index contributed by atoms with van der Waals surface area (Å²) in [6.45, 7) is 0. The van der Waals surface area contributed by atoms with Gasteiger partial charge in [0.1, 0.15) is 0 Å². The van der Waals surface area contributed by atoms with E-state index in [-0.39, 0.29) is 5.75 Å². The molecule has 3 aromatic carbocycles. The van der Waals surface area contributed by atoms with Crippen LogP contribution in [0.5, 0.6) is 5.75 Å². The molecule has 0 saturated heterocycles. The highest BCUT2D eigenvalue weighted by Crippen LogP contribution is 2.45. The maximum Gasteiger partial charge on any atom is 0.190 e. The maximum absolute atomic E-state index is 12.7. The van der Waals surface area contributed by atoms with Crippen molar-refractivity contribution in [3.63, 3.8) is 0 Å². The Balaban J connectivity index is 1.91. The second-order valence-corrected chi connectivity index (χ2v) is 5.17. The Bertz CT molecular complexity index is 788. The summed E-state index contributed by atoms with van der Waals surface area (Å²) < 4.78 is 0. The molecule has 1 aliphatic rings. The molecule has 0 heterocycles. The normalized spacial score (nSPS) is 12.0. The van der Waals surface area contributed by atoms with E-state index in [0.29, 0.717) is 0 Å². The van der Waals surface area contributed by atoms with Crippen molar-refractivity contribution in [3.8, 4) is 28.0 Å². The molecule has 0 bridgehead atoms. The molecule has 1 radical (unpaired) electrons. The predicted octanol–water partition coefficient (Wildman–Crippen LogP) is 5.07. The molecular weight excluding hydrogens is 244 g/mol. The molecule has 95 valence electrons. The lowest BCUT2D eigenvalue weighted by atomic mass is 9.97. The fourth-order valence-electron chi connectivity index (χ4n) is 3.03. The minimum Gasteiger partial charge on any atom is -0.289 e. The summed E-state index contributed by atoms with van der Waals surface area (Å²) >= 11 is 0. The molecule has 1 nitrogen and oxygen atoms in total. The Morgan fingerprint density at radius 3 is 2.20 bits per heavy atom. The Morgan fingerprint density at radius 2 is 1.35 bits per heavy atom. The SMILES string of the molecule is [O]c1c(-c2ccccc2)ccc2c1Cc1ccccc1-2. The van der Waals surface area contributed by atoms with Crippen molar-refractivity contribution in [2.45, 2.75) is 6.42 Å². The number of benzene rings is 3. The molecule has 20 heavy (non-hydrogen) atoms. The average molecular weight is 257 g/mol. The van der Waals surface area contributed by atoms with Gasteiger partial charge in [0.15, 0.2) is 5.75 Å². The summed E-state index contributed by atoms with van der Waals surface area (Å²) in [5.41, 5.74) is 6.30. The first-order valence-electron chi connectivity index (χ1n) is 6.81. The molecular formula is C19H13O. The lowest BCUT2D eigenvalue weighted by molar-refractivity contribution is 0.353. The molecule has 0 spiro atoms. The summed E-state index contributed by atoms with van der Waals surface area (Å²) in [5.74, 6) is 0.171. The summed E-state index contributed by atoms with van der Waals surface area (Å²) in [4.78, 5) is 0. The van der Waals surface area contributed by atoms with Crippen LogP contribution in [0.4, 0.5) is 0 Å². The van der Waals surface area contributed by atoms with Crippen LogP contribution in [0.3, 0.4) is 0 Å². The van der Waals surface area contributed by atoms with E-state index in [1.807, 2.05) is 48.5 Å². The first-order chi connectivity index (χ1) is 9.84. The fourth-order valence-corrected chi connectivity index (χ4v) is 3.03. The average Bonchev–Trinajstić information content (AvgIpc) is 2.88. The summed E-state index contributed by atoms with van der Waals surface area (Å²) in [6.07, 6.45) is 0.755. The van der Waals surface area contributed by atoms with Gasteiger partial charge in [0, 0.05) is 17.5 Å². The minimum absolute atomic E-state index is 0.171. The third kappa shape index (κ3) is 1.56. The van der Waals surface area contributed by atoms with Gasteiger partial charge < -0.3 is 0 Å². The van der Waals surface area contributed by atoms with E-state index >= 15 is 0 Å². The van der Waals surface area contributed by atoms with E-state index in [1.165, 1.54) is 11.1 Å². The van der Waals surface area contributed by atoms with E-state index in [9.17, 15) is 5.11 Å². The molecule has 0 atom stereocenters. The molecule has 0 amide bonds. The zero-order chi connectivity index (χ0) is 13.5. The maximum atomic E-state index is 12.7. The van der Waals surface area contributed by atoms with E-state index in [0.717, 1.165) is 28.7 Å². The van der Waals surface area contributed by atoms with Crippen LogP contribution in [0.25, 0.3) is 22.3 Å². The van der Waals surface area contributed by atoms with Gasteiger partial charge in [-0.05, 0) is 28.3 Å². The van der Waals surface area contributed by atoms with Gasteiger partial charge in [-0.3, -0.25) is 5.11 Å². The van der Waals surface area contributed by atoms with Crippen LogP contribution in [-0.4, -0.2) is 0 Å². The van der Waals surface area contributed by atoms with Crippen LogP contribution in [-0.2, 0) is 11.5 Å². The van der Waals surface area contributed by atoms with Crippen LogP contribution < -0.4 is 0 Å². The van der Waals surface area contributed by atoms with Crippen LogP contribution >= 0.6 is 0 Å². The lowest BCUT2D eigenvalue weighted by Crippen LogP contribution is -1.85. The third-order valence-corrected chi connectivity index (χ3v) is 4.02. The molecule has 0 saturated carbocycles. The smallest absolute Gasteiger partial charge is 0.190 e. The second kappa shape index (κ2) is 4.24. The molecule has 0 N–H and O–H groups in total. The molecule has 0 aromatic heterocycles. The number of hydrogen-bond acceptors (Lipinski definition) is 0. The van der Waals surface area contributed by atoms with Gasteiger partial charge in [-0.1, -0.05) is 60.7 Å². The molecule has 0 aliphatic heterocycles. The molecule has 0 unspecified atom stereocenters. The van der Waals surface area contributed by atoms with Gasteiger partial charge in [0.2, 0.25) is 0 Å². The van der Waals surface area contributed by atoms with Crippen molar-refractivity contribution in [1.29, 1.82) is 0 Å². The largest absolute Gasteiger partial charge is 0.289 e. The summed E-state index contributed by atoms with van der Waals surface area (Å²) in [6, 6.07) is 22.2. The Hall–Kier alpha value is -2.54. The number of fused-ring (bicyclic) bond motifs is 3. The highest BCUT2D eigenvalue weighted by molar-refractivity contribution is 5.84. The van der Waals surface area contributed by atoms with Gasteiger partial charge >= 0.3 is 0 Å². The standard InChI is InChI=1S/C19H13O/c20-19-16(13-6-2-1-3-7-13)10-11-17-15-9-5-4-8-14(15)12-18(17)19/h1-11H,12H2. The van der Waals surface area contributed by atoms with E-state index in [2.05, 4.69) is 18.2 Å². The minimum atomic E-state index is 0.171. The van der Waals surface area contributed by atoms with Gasteiger partial charge in [0.25, 0.3) is 0 Å². The van der Waals surface area contributed by atoms with Crippen molar-refractivity contribution in [3.05, 3.63) is 77.9 Å². The Morgan fingerprint density at radius 1 is 0.650 bits per heavy atom. The highest BCUT2D eigenvalue weighted by Gasteiger charge is 2.23. The van der Waals surface area contributed by atoms with Gasteiger partial charge in [-0.25, -0.2) is 0 Å². The molecule has 1 heteroatoms. The van der Waals surface area contributed by atoms with Crippen molar-refractivity contribution in [2.24, 2.45) is 0 Å². The van der Waals surface area contributed by atoms with Crippen LogP contribution in [0.2, 0.25) is 0 Å². The van der Waals surface area contributed by atoms with Crippen LogP contribution in [0, 0.1) is 0 Å². The number of hydrogen-bond donors (Lipinski definition) is 0. The molecule has 4 rings (SSSR count). The predicted molar refractivity (Wildman–Crippen MR) is 80.3 cm³/mol. The van der Waals surface area contributed by atoms with Gasteiger partial charge in [0.05, 0.1) is 0 Å². The Kier molecular flexibility index (Phi) is 2.40. The zero-order valence-electron chi connectivity index (χ0n) is 11.0. The molecule has 0 fully saturated rings. The van der Waals surface area contributed by atoms with E-state index in [4.69, 9.17) is 0 Å². The van der Waals surface area contributed by atoms with Crippen molar-refractivity contribution in [2.75, 3.05) is 0 Å². The lowest BCUT2D eigenvalue weighted by Gasteiger charge is -2.07. The zero-order valence-corrected chi connectivity index (χ0v) is 11.0. The van der Waals surface area contributed by atoms with Crippen LogP contribution in [0.15, 0.2) is 66.7 Å². The van der Waals surface area contributed by atoms with Crippen molar-refractivity contribution < 1.29 is 5.11 Å². The second-order valence-electron chi connectivity index (χ2n) is 5.17.